The zero-order valence-electron chi connectivity index (χ0n) is 39.5. The molecule has 0 bridgehead atoms. The van der Waals surface area contributed by atoms with Crippen molar-refractivity contribution >= 4 is 46.1 Å². The van der Waals surface area contributed by atoms with Crippen LogP contribution >= 0.6 is 0 Å². The van der Waals surface area contributed by atoms with Gasteiger partial charge in [0.2, 0.25) is 5.43 Å². The largest absolute Gasteiger partial charge is 0.507 e. The van der Waals surface area contributed by atoms with E-state index in [-0.39, 0.29) is 70.4 Å². The molecule has 0 spiro atoms. The summed E-state index contributed by atoms with van der Waals surface area (Å²) in [5.74, 6) is -2.42. The summed E-state index contributed by atoms with van der Waals surface area (Å²) >= 11 is 0. The molecule has 1 aromatic heterocycles. The highest BCUT2D eigenvalue weighted by Gasteiger charge is 2.32. The van der Waals surface area contributed by atoms with Crippen LogP contribution in [0, 0.1) is 0 Å². The van der Waals surface area contributed by atoms with E-state index in [1.165, 1.54) is 19.2 Å². The zero-order chi connectivity index (χ0) is 48.5. The number of hydrogen-bond donors (Lipinski definition) is 3. The first-order chi connectivity index (χ1) is 31.0. The van der Waals surface area contributed by atoms with E-state index in [2.05, 4.69) is 10.6 Å². The topological polar surface area (TPSA) is 189 Å². The van der Waals surface area contributed by atoms with Crippen molar-refractivity contribution < 1.29 is 52.4 Å². The number of fused-ring (bicyclic) bond motifs is 2. The van der Waals surface area contributed by atoms with Crippen LogP contribution in [0.5, 0.6) is 23.0 Å². The average Bonchev–Trinajstić information content (AvgIpc) is 3.21. The minimum atomic E-state index is -1.24. The Morgan fingerprint density at radius 1 is 0.652 bits per heavy atom. The van der Waals surface area contributed by atoms with Crippen LogP contribution in [0.25, 0.3) is 21.9 Å². The van der Waals surface area contributed by atoms with E-state index in [4.69, 9.17) is 28.1 Å². The molecular weight excluding hydrogens is 845 g/mol. The summed E-state index contributed by atoms with van der Waals surface area (Å²) in [6, 6.07) is 18.3. The van der Waals surface area contributed by atoms with Gasteiger partial charge in [-0.1, -0.05) is 84.0 Å². The number of methoxy groups -OCH3 is 1. The summed E-state index contributed by atoms with van der Waals surface area (Å²) in [6.07, 6.45) is 2.25. The van der Waals surface area contributed by atoms with Crippen LogP contribution in [0.2, 0.25) is 0 Å². The molecule has 4 aromatic carbocycles. The Hall–Kier alpha value is -7.09. The van der Waals surface area contributed by atoms with Gasteiger partial charge in [0.15, 0.2) is 11.5 Å². The third-order valence-electron chi connectivity index (χ3n) is 9.88. The molecule has 2 amide bonds. The molecule has 66 heavy (non-hydrogen) atoms. The van der Waals surface area contributed by atoms with Crippen molar-refractivity contribution in [2.24, 2.45) is 0 Å². The van der Waals surface area contributed by atoms with Crippen molar-refractivity contribution in [1.29, 1.82) is 0 Å². The number of esters is 2. The fourth-order valence-electron chi connectivity index (χ4n) is 6.94. The number of aromatic hydroxyl groups is 1. The third kappa shape index (κ3) is 13.5. The third-order valence-corrected chi connectivity index (χ3v) is 9.88. The van der Waals surface area contributed by atoms with Gasteiger partial charge in [-0.2, -0.15) is 0 Å². The molecular formula is C52H60N2O12. The number of carbonyl (C=O) groups is 4. The maximum absolute atomic E-state index is 14.8. The monoisotopic (exact) mass is 904 g/mol. The lowest BCUT2D eigenvalue weighted by Gasteiger charge is -2.24. The maximum atomic E-state index is 14.8. The van der Waals surface area contributed by atoms with Gasteiger partial charge in [-0.25, -0.2) is 19.2 Å². The van der Waals surface area contributed by atoms with Gasteiger partial charge in [0.05, 0.1) is 12.5 Å². The average molecular weight is 905 g/mol. The van der Waals surface area contributed by atoms with Gasteiger partial charge in [-0.3, -0.25) is 4.79 Å². The lowest BCUT2D eigenvalue weighted by atomic mass is 9.98. The van der Waals surface area contributed by atoms with E-state index in [0.29, 0.717) is 5.56 Å². The molecule has 5 rings (SSSR count). The van der Waals surface area contributed by atoms with Crippen LogP contribution in [-0.2, 0) is 44.7 Å². The van der Waals surface area contributed by atoms with Gasteiger partial charge in [0, 0.05) is 36.1 Å². The van der Waals surface area contributed by atoms with Crippen molar-refractivity contribution in [2.45, 2.75) is 118 Å². The van der Waals surface area contributed by atoms with Crippen LogP contribution in [0.15, 0.2) is 105 Å². The van der Waals surface area contributed by atoms with E-state index in [1.807, 2.05) is 45.9 Å². The van der Waals surface area contributed by atoms with E-state index in [0.717, 1.165) is 22.3 Å². The number of phenols is 1. The molecule has 5 aromatic rings. The minimum absolute atomic E-state index is 0.0405. The highest BCUT2D eigenvalue weighted by atomic mass is 16.6. The van der Waals surface area contributed by atoms with Gasteiger partial charge in [-0.05, 0) is 93.2 Å². The molecule has 1 heterocycles. The minimum Gasteiger partial charge on any atom is -0.507 e. The Balaban J connectivity index is 1.68. The quantitative estimate of drug-likeness (QED) is 0.0391. The lowest BCUT2D eigenvalue weighted by Crippen LogP contribution is -2.46. The number of benzene rings is 4. The second kappa shape index (κ2) is 21.3. The second-order valence-electron chi connectivity index (χ2n) is 18.4. The first kappa shape index (κ1) is 49.9. The number of rotatable bonds is 15. The molecule has 350 valence electrons. The molecule has 0 saturated carbocycles. The van der Waals surface area contributed by atoms with E-state index < -0.39 is 58.6 Å². The predicted octanol–water partition coefficient (Wildman–Crippen LogP) is 9.76. The molecule has 14 heteroatoms. The molecule has 14 nitrogen and oxygen atoms in total. The highest BCUT2D eigenvalue weighted by Crippen LogP contribution is 2.42. The van der Waals surface area contributed by atoms with Crippen molar-refractivity contribution in [3.05, 3.63) is 129 Å². The van der Waals surface area contributed by atoms with E-state index in [9.17, 15) is 29.1 Å². The molecule has 0 aliphatic carbocycles. The van der Waals surface area contributed by atoms with E-state index in [1.54, 1.807) is 96.1 Å². The number of alkyl carbamates (subject to hydrolysis) is 2. The highest BCUT2D eigenvalue weighted by molar-refractivity contribution is 5.99. The molecule has 0 aliphatic rings. The Morgan fingerprint density at radius 2 is 1.08 bits per heavy atom. The van der Waals surface area contributed by atoms with Gasteiger partial charge < -0.3 is 43.8 Å². The molecule has 0 fully saturated rings. The van der Waals surface area contributed by atoms with Gasteiger partial charge in [-0.15, -0.1) is 0 Å². The van der Waals surface area contributed by atoms with Crippen LogP contribution in [-0.4, -0.2) is 59.6 Å². The van der Waals surface area contributed by atoms with Crippen molar-refractivity contribution in [3.63, 3.8) is 0 Å². The predicted molar refractivity (Wildman–Crippen MR) is 252 cm³/mol. The number of hydrogen-bond acceptors (Lipinski definition) is 12. The Bertz CT molecular complexity index is 2700. The van der Waals surface area contributed by atoms with Crippen LogP contribution < -0.4 is 30.3 Å². The number of phenolic OH excluding ortho intramolecular Hbond substituents is 1. The number of nitrogens with one attached hydrogen (secondary N) is 2. The Labute approximate surface area is 384 Å². The molecule has 3 N–H and O–H groups in total. The SMILES string of the molecule is COc1c(OC(=O)[C@H](Cc2ccccc2)NC(=O)OC(C)(C)C)cc2oc3cc(OC(=O)[C@H](Cc4ccccc4)NC(=O)OC(C)(C)C)c(CC=C(C)C)c(O)c3c(=O)c2c1CC=C(C)C. The molecule has 2 atom stereocenters. The van der Waals surface area contributed by atoms with Crippen LogP contribution in [0.3, 0.4) is 0 Å². The summed E-state index contributed by atoms with van der Waals surface area (Å²) in [5, 5.41) is 17.2. The summed E-state index contributed by atoms with van der Waals surface area (Å²) in [4.78, 5) is 69.2. The van der Waals surface area contributed by atoms with Crippen molar-refractivity contribution in [2.75, 3.05) is 7.11 Å². The van der Waals surface area contributed by atoms with Gasteiger partial charge in [0.25, 0.3) is 0 Å². The molecule has 0 aliphatic heterocycles. The standard InChI is InChI=1S/C52H60N2O12/c1-30(2)22-24-34-38(63-47(57)36(26-32-18-14-12-15-19-32)53-49(59)65-51(5,6)7)28-40-43(44(34)55)45(56)42-35(25-23-31(3)4)46(61-11)41(29-39(42)62-40)64-48(58)37(27-33-20-16-13-17-21-33)54-50(60)66-52(8,9)10/h12-23,28-29,36-37,55H,24-27H2,1-11H3,(H,53,59)(H,54,60)/t36-,37-/m0/s1. The first-order valence-electron chi connectivity index (χ1n) is 21.7. The number of allylic oxidation sites excluding steroid dienone is 4. The van der Waals surface area contributed by atoms with E-state index >= 15 is 0 Å². The van der Waals surface area contributed by atoms with Crippen LogP contribution in [0.1, 0.15) is 91.5 Å². The van der Waals surface area contributed by atoms with Crippen LogP contribution in [0.4, 0.5) is 9.59 Å². The zero-order valence-corrected chi connectivity index (χ0v) is 39.5. The molecule has 0 saturated heterocycles. The maximum Gasteiger partial charge on any atom is 0.408 e. The number of carbonyl (C=O) groups excluding carboxylic acids is 4. The van der Waals surface area contributed by atoms with Crippen molar-refractivity contribution in [3.8, 4) is 23.0 Å². The summed E-state index contributed by atoms with van der Waals surface area (Å²) in [7, 11) is 1.37. The number of amides is 2. The fourth-order valence-corrected chi connectivity index (χ4v) is 6.94. The Morgan fingerprint density at radius 3 is 1.52 bits per heavy atom. The normalized spacial score (nSPS) is 12.3. The van der Waals surface area contributed by atoms with Gasteiger partial charge >= 0.3 is 24.1 Å². The van der Waals surface area contributed by atoms with Crippen molar-refractivity contribution in [1.82, 2.24) is 10.6 Å². The Kier molecular flexibility index (Phi) is 16.1. The molecule has 0 unspecified atom stereocenters. The lowest BCUT2D eigenvalue weighted by molar-refractivity contribution is -0.137. The summed E-state index contributed by atoms with van der Waals surface area (Å²) < 4.78 is 35.3. The smallest absolute Gasteiger partial charge is 0.408 e. The number of ether oxygens (including phenoxy) is 5. The summed E-state index contributed by atoms with van der Waals surface area (Å²) in [5.41, 5.74) is 1.12. The fraction of sp³-hybridized carbons (Fsp3) is 0.365. The second-order valence-corrected chi connectivity index (χ2v) is 18.4. The van der Waals surface area contributed by atoms with Gasteiger partial charge in [0.1, 0.15) is 51.3 Å². The first-order valence-corrected chi connectivity index (χ1v) is 21.7. The molecule has 0 radical (unpaired) electrons. The summed E-state index contributed by atoms with van der Waals surface area (Å²) in [6.45, 7) is 17.7.